The molecule has 1 rings (SSSR count). The first kappa shape index (κ1) is 15.1. The second-order valence-electron chi connectivity index (χ2n) is 3.77. The van der Waals surface area contributed by atoms with Gasteiger partial charge in [0.25, 0.3) is 0 Å². The standard InChI is InChI=1S/C13H15N3O2S/c1-10(17)15-11-3-5-12(6-4-11)16-13(18)9-19-8-2-7-14/h3-6H,2,8-9H2,1H3,(H,15,17)(H,16,18). The van der Waals surface area contributed by atoms with Crippen LogP contribution in [0.2, 0.25) is 0 Å². The number of nitrogens with one attached hydrogen (secondary N) is 2. The quantitative estimate of drug-likeness (QED) is 0.781. The number of rotatable bonds is 6. The Bertz CT molecular complexity index is 480. The summed E-state index contributed by atoms with van der Waals surface area (Å²) < 4.78 is 0. The molecule has 0 aliphatic heterocycles. The Morgan fingerprint density at radius 2 is 1.79 bits per heavy atom. The number of hydrogen-bond donors (Lipinski definition) is 2. The number of nitriles is 1. The highest BCUT2D eigenvalue weighted by atomic mass is 32.2. The monoisotopic (exact) mass is 277 g/mol. The number of thioether (sulfide) groups is 1. The van der Waals surface area contributed by atoms with E-state index >= 15 is 0 Å². The van der Waals surface area contributed by atoms with Gasteiger partial charge in [0, 0.05) is 30.5 Å². The molecule has 0 spiro atoms. The first-order valence-corrected chi connectivity index (χ1v) is 6.89. The molecular formula is C13H15N3O2S. The summed E-state index contributed by atoms with van der Waals surface area (Å²) in [4.78, 5) is 22.4. The molecule has 0 atom stereocenters. The SMILES string of the molecule is CC(=O)Nc1ccc(NC(=O)CSCCC#N)cc1. The van der Waals surface area contributed by atoms with E-state index in [4.69, 9.17) is 5.26 Å². The number of nitrogens with zero attached hydrogens (tertiary/aromatic N) is 1. The van der Waals surface area contributed by atoms with Crippen LogP contribution in [0.5, 0.6) is 0 Å². The Morgan fingerprint density at radius 1 is 1.21 bits per heavy atom. The average Bonchev–Trinajstić information content (AvgIpc) is 2.36. The van der Waals surface area contributed by atoms with Crippen LogP contribution in [0.25, 0.3) is 0 Å². The Balaban J connectivity index is 2.38. The minimum absolute atomic E-state index is 0.102. The van der Waals surface area contributed by atoms with Gasteiger partial charge in [-0.3, -0.25) is 9.59 Å². The van der Waals surface area contributed by atoms with Gasteiger partial charge in [0.1, 0.15) is 0 Å². The fourth-order valence-electron chi connectivity index (χ4n) is 1.32. The van der Waals surface area contributed by atoms with Gasteiger partial charge in [0.2, 0.25) is 11.8 Å². The molecule has 2 N–H and O–H groups in total. The van der Waals surface area contributed by atoms with Crippen LogP contribution in [0.15, 0.2) is 24.3 Å². The predicted molar refractivity (Wildman–Crippen MR) is 76.9 cm³/mol. The van der Waals surface area contributed by atoms with E-state index in [-0.39, 0.29) is 11.8 Å². The van der Waals surface area contributed by atoms with Crippen molar-refractivity contribution >= 4 is 35.0 Å². The molecule has 0 aliphatic carbocycles. The van der Waals surface area contributed by atoms with Crippen molar-refractivity contribution < 1.29 is 9.59 Å². The third-order valence-electron chi connectivity index (χ3n) is 2.08. The van der Waals surface area contributed by atoms with Gasteiger partial charge in [0.05, 0.1) is 11.8 Å². The van der Waals surface area contributed by atoms with Gasteiger partial charge in [-0.25, -0.2) is 0 Å². The van der Waals surface area contributed by atoms with Crippen LogP contribution in [-0.4, -0.2) is 23.3 Å². The summed E-state index contributed by atoms with van der Waals surface area (Å²) in [5.74, 6) is 0.751. The molecule has 0 bridgehead atoms. The molecule has 1 aromatic carbocycles. The van der Waals surface area contributed by atoms with Crippen LogP contribution in [0.4, 0.5) is 11.4 Å². The van der Waals surface area contributed by atoms with E-state index in [1.54, 1.807) is 24.3 Å². The molecule has 0 unspecified atom stereocenters. The summed E-state index contributed by atoms with van der Waals surface area (Å²) in [7, 11) is 0. The first-order chi connectivity index (χ1) is 9.11. The van der Waals surface area contributed by atoms with Crippen molar-refractivity contribution in [3.63, 3.8) is 0 Å². The van der Waals surface area contributed by atoms with Gasteiger partial charge in [0.15, 0.2) is 0 Å². The molecule has 5 nitrogen and oxygen atoms in total. The molecule has 0 saturated carbocycles. The largest absolute Gasteiger partial charge is 0.326 e. The number of anilines is 2. The van der Waals surface area contributed by atoms with E-state index in [0.717, 1.165) is 0 Å². The maximum atomic E-state index is 11.6. The lowest BCUT2D eigenvalue weighted by atomic mass is 10.3. The summed E-state index contributed by atoms with van der Waals surface area (Å²) in [5.41, 5.74) is 1.37. The summed E-state index contributed by atoms with van der Waals surface area (Å²) in [6.07, 6.45) is 0.448. The van der Waals surface area contributed by atoms with Crippen LogP contribution in [0.3, 0.4) is 0 Å². The molecule has 0 radical (unpaired) electrons. The zero-order valence-corrected chi connectivity index (χ0v) is 11.4. The van der Waals surface area contributed by atoms with Crippen LogP contribution in [-0.2, 0) is 9.59 Å². The topological polar surface area (TPSA) is 82.0 Å². The lowest BCUT2D eigenvalue weighted by Crippen LogP contribution is -2.14. The third kappa shape index (κ3) is 6.48. The highest BCUT2D eigenvalue weighted by Crippen LogP contribution is 2.14. The fourth-order valence-corrected chi connectivity index (χ4v) is 1.96. The second kappa shape index (κ2) is 8.16. The van der Waals surface area contributed by atoms with E-state index in [0.29, 0.717) is 29.3 Å². The smallest absolute Gasteiger partial charge is 0.234 e. The Kier molecular flexibility index (Phi) is 6.47. The fraction of sp³-hybridized carbons (Fsp3) is 0.308. The highest BCUT2D eigenvalue weighted by Gasteiger charge is 2.02. The summed E-state index contributed by atoms with van der Waals surface area (Å²) in [5, 5.41) is 13.8. The molecule has 0 heterocycles. The normalized spacial score (nSPS) is 9.47. The van der Waals surface area contributed by atoms with Gasteiger partial charge < -0.3 is 10.6 Å². The van der Waals surface area contributed by atoms with Crippen LogP contribution < -0.4 is 10.6 Å². The highest BCUT2D eigenvalue weighted by molar-refractivity contribution is 7.99. The van der Waals surface area contributed by atoms with Crippen molar-refractivity contribution in [3.05, 3.63) is 24.3 Å². The molecular weight excluding hydrogens is 262 g/mol. The molecule has 0 aromatic heterocycles. The molecule has 19 heavy (non-hydrogen) atoms. The number of carbonyl (C=O) groups excluding carboxylic acids is 2. The van der Waals surface area contributed by atoms with E-state index in [9.17, 15) is 9.59 Å². The molecule has 0 aliphatic rings. The molecule has 0 saturated heterocycles. The predicted octanol–water partition coefficient (Wildman–Crippen LogP) is 2.23. The Labute approximate surface area is 116 Å². The van der Waals surface area contributed by atoms with Crippen LogP contribution >= 0.6 is 11.8 Å². The lowest BCUT2D eigenvalue weighted by molar-refractivity contribution is -0.114. The second-order valence-corrected chi connectivity index (χ2v) is 4.87. The third-order valence-corrected chi connectivity index (χ3v) is 3.04. The average molecular weight is 277 g/mol. The van der Waals surface area contributed by atoms with Gasteiger partial charge in [-0.1, -0.05) is 0 Å². The lowest BCUT2D eigenvalue weighted by Gasteiger charge is -2.06. The van der Waals surface area contributed by atoms with Gasteiger partial charge in [-0.05, 0) is 24.3 Å². The van der Waals surface area contributed by atoms with E-state index in [2.05, 4.69) is 10.6 Å². The van der Waals surface area contributed by atoms with Gasteiger partial charge in [-0.2, -0.15) is 17.0 Å². The van der Waals surface area contributed by atoms with Crippen LogP contribution in [0.1, 0.15) is 13.3 Å². The number of hydrogen-bond acceptors (Lipinski definition) is 4. The van der Waals surface area contributed by atoms with Crippen LogP contribution in [0, 0.1) is 11.3 Å². The summed E-state index contributed by atoms with van der Waals surface area (Å²) >= 11 is 1.43. The van der Waals surface area contributed by atoms with Crippen molar-refractivity contribution in [2.24, 2.45) is 0 Å². The number of amides is 2. The minimum atomic E-state index is -0.134. The summed E-state index contributed by atoms with van der Waals surface area (Å²) in [6, 6.07) is 8.92. The molecule has 6 heteroatoms. The molecule has 100 valence electrons. The van der Waals surface area contributed by atoms with E-state index in [1.807, 2.05) is 6.07 Å². The maximum absolute atomic E-state index is 11.6. The van der Waals surface area contributed by atoms with Crippen molar-refractivity contribution in [1.82, 2.24) is 0 Å². The molecule has 1 aromatic rings. The van der Waals surface area contributed by atoms with E-state index in [1.165, 1.54) is 18.7 Å². The van der Waals surface area contributed by atoms with Crippen molar-refractivity contribution in [2.75, 3.05) is 22.1 Å². The van der Waals surface area contributed by atoms with Gasteiger partial charge >= 0.3 is 0 Å². The van der Waals surface area contributed by atoms with Crippen molar-refractivity contribution in [3.8, 4) is 6.07 Å². The zero-order chi connectivity index (χ0) is 14.1. The van der Waals surface area contributed by atoms with Gasteiger partial charge in [-0.15, -0.1) is 0 Å². The molecule has 2 amide bonds. The van der Waals surface area contributed by atoms with E-state index < -0.39 is 0 Å². The minimum Gasteiger partial charge on any atom is -0.326 e. The zero-order valence-electron chi connectivity index (χ0n) is 10.6. The van der Waals surface area contributed by atoms with Crippen molar-refractivity contribution in [1.29, 1.82) is 5.26 Å². The maximum Gasteiger partial charge on any atom is 0.234 e. The Hall–Kier alpha value is -2.00. The number of benzene rings is 1. The first-order valence-electron chi connectivity index (χ1n) is 5.74. The van der Waals surface area contributed by atoms with Crippen molar-refractivity contribution in [2.45, 2.75) is 13.3 Å². The number of carbonyl (C=O) groups is 2. The summed E-state index contributed by atoms with van der Waals surface area (Å²) in [6.45, 7) is 1.44. The Morgan fingerprint density at radius 3 is 2.32 bits per heavy atom. The molecule has 0 fully saturated rings.